The Morgan fingerprint density at radius 2 is 1.90 bits per heavy atom. The number of nitrogens with zero attached hydrogens (tertiary/aromatic N) is 4. The van der Waals surface area contributed by atoms with E-state index in [-0.39, 0.29) is 12.0 Å². The number of halogens is 1. The van der Waals surface area contributed by atoms with E-state index in [4.69, 9.17) is 16.6 Å². The average Bonchev–Trinajstić information content (AvgIpc) is 3.27. The molecule has 1 saturated carbocycles. The van der Waals surface area contributed by atoms with E-state index in [1.165, 1.54) is 12.8 Å². The number of rotatable bonds is 4. The van der Waals surface area contributed by atoms with Gasteiger partial charge in [0.2, 0.25) is 11.9 Å². The van der Waals surface area contributed by atoms with E-state index in [2.05, 4.69) is 9.88 Å². The van der Waals surface area contributed by atoms with Crippen molar-refractivity contribution in [3.8, 4) is 11.1 Å². The first-order valence-corrected chi connectivity index (χ1v) is 11.0. The highest BCUT2D eigenvalue weighted by Crippen LogP contribution is 2.39. The van der Waals surface area contributed by atoms with Crippen LogP contribution in [0, 0.1) is 5.92 Å². The molecule has 1 amide bonds. The minimum absolute atomic E-state index is 0.00692. The third kappa shape index (κ3) is 4.25. The summed E-state index contributed by atoms with van der Waals surface area (Å²) in [6.07, 6.45) is 9.38. The number of benzene rings is 1. The third-order valence-electron chi connectivity index (χ3n) is 6.15. The van der Waals surface area contributed by atoms with Crippen molar-refractivity contribution < 1.29 is 4.79 Å². The van der Waals surface area contributed by atoms with Gasteiger partial charge in [0.05, 0.1) is 11.7 Å². The van der Waals surface area contributed by atoms with Crippen molar-refractivity contribution in [3.05, 3.63) is 41.2 Å². The molecule has 2 fully saturated rings. The quantitative estimate of drug-likeness (QED) is 0.700. The standard InChI is InChI=1S/C23H29ClN4O/c1-27(2)23-25-15-19(17-10-7-11-18(24)14-17)21(26-23)20-12-5-6-13-28(20)22(29)16-8-3-4-9-16/h7,10-11,14-16,20H,3-6,8-9,12-13H2,1-2H3/t20-/m0/s1. The van der Waals surface area contributed by atoms with E-state index in [0.717, 1.165) is 55.5 Å². The molecule has 154 valence electrons. The van der Waals surface area contributed by atoms with Gasteiger partial charge in [0.25, 0.3) is 0 Å². The molecule has 0 unspecified atom stereocenters. The molecule has 1 saturated heterocycles. The number of aromatic nitrogens is 2. The van der Waals surface area contributed by atoms with Crippen LogP contribution in [0.25, 0.3) is 11.1 Å². The highest BCUT2D eigenvalue weighted by molar-refractivity contribution is 6.30. The monoisotopic (exact) mass is 412 g/mol. The molecule has 1 aliphatic carbocycles. The number of anilines is 1. The lowest BCUT2D eigenvalue weighted by atomic mass is 9.92. The molecule has 2 aliphatic rings. The van der Waals surface area contributed by atoms with E-state index in [1.807, 2.05) is 49.5 Å². The SMILES string of the molecule is CN(C)c1ncc(-c2cccc(Cl)c2)c([C@@H]2CCCCN2C(=O)C2CCCC2)n1. The first-order valence-electron chi connectivity index (χ1n) is 10.7. The van der Waals surface area contributed by atoms with Crippen LogP contribution in [0.4, 0.5) is 5.95 Å². The van der Waals surface area contributed by atoms with Gasteiger partial charge in [-0.15, -0.1) is 0 Å². The molecule has 0 spiro atoms. The van der Waals surface area contributed by atoms with Gasteiger partial charge in [0.15, 0.2) is 0 Å². The second kappa shape index (κ2) is 8.70. The first kappa shape index (κ1) is 20.1. The molecule has 1 aromatic heterocycles. The molecule has 0 N–H and O–H groups in total. The van der Waals surface area contributed by atoms with E-state index < -0.39 is 0 Å². The van der Waals surface area contributed by atoms with Gasteiger partial charge in [-0.2, -0.15) is 0 Å². The van der Waals surface area contributed by atoms with Gasteiger partial charge in [-0.25, -0.2) is 9.97 Å². The summed E-state index contributed by atoms with van der Waals surface area (Å²) in [4.78, 5) is 26.9. The van der Waals surface area contributed by atoms with Crippen molar-refractivity contribution in [2.45, 2.75) is 51.0 Å². The van der Waals surface area contributed by atoms with Gasteiger partial charge in [0.1, 0.15) is 0 Å². The predicted octanol–water partition coefficient (Wildman–Crippen LogP) is 5.11. The Balaban J connectivity index is 1.77. The van der Waals surface area contributed by atoms with E-state index in [1.54, 1.807) is 0 Å². The third-order valence-corrected chi connectivity index (χ3v) is 6.38. The number of piperidine rings is 1. The van der Waals surface area contributed by atoms with Gasteiger partial charge in [0, 0.05) is 43.3 Å². The van der Waals surface area contributed by atoms with E-state index in [9.17, 15) is 4.79 Å². The van der Waals surface area contributed by atoms with Crippen LogP contribution in [-0.2, 0) is 4.79 Å². The summed E-state index contributed by atoms with van der Waals surface area (Å²) in [5.41, 5.74) is 2.91. The normalized spacial score (nSPS) is 20.1. The fraction of sp³-hybridized carbons (Fsp3) is 0.522. The Hall–Kier alpha value is -2.14. The van der Waals surface area contributed by atoms with Crippen LogP contribution in [0.3, 0.4) is 0 Å². The number of hydrogen-bond donors (Lipinski definition) is 0. The Kier molecular flexibility index (Phi) is 6.04. The maximum Gasteiger partial charge on any atom is 0.226 e. The van der Waals surface area contributed by atoms with Crippen LogP contribution >= 0.6 is 11.6 Å². The molecule has 1 aliphatic heterocycles. The number of carbonyl (C=O) groups is 1. The van der Waals surface area contributed by atoms with Gasteiger partial charge < -0.3 is 9.80 Å². The Labute approximate surface area is 178 Å². The van der Waals surface area contributed by atoms with Crippen LogP contribution in [0.1, 0.15) is 56.7 Å². The summed E-state index contributed by atoms with van der Waals surface area (Å²) >= 11 is 6.27. The number of likely N-dealkylation sites (tertiary alicyclic amines) is 1. The maximum atomic E-state index is 13.4. The lowest BCUT2D eigenvalue weighted by Crippen LogP contribution is -2.42. The van der Waals surface area contributed by atoms with Gasteiger partial charge in [-0.05, 0) is 49.8 Å². The highest BCUT2D eigenvalue weighted by Gasteiger charge is 2.35. The van der Waals surface area contributed by atoms with Crippen LogP contribution in [0.5, 0.6) is 0 Å². The zero-order valence-electron chi connectivity index (χ0n) is 17.3. The number of hydrogen-bond acceptors (Lipinski definition) is 4. The molecule has 2 aromatic rings. The molecule has 1 atom stereocenters. The molecule has 29 heavy (non-hydrogen) atoms. The lowest BCUT2D eigenvalue weighted by molar-refractivity contribution is -0.139. The Morgan fingerprint density at radius 3 is 2.62 bits per heavy atom. The van der Waals surface area contributed by atoms with Crippen molar-refractivity contribution in [1.29, 1.82) is 0 Å². The number of amides is 1. The second-order valence-corrected chi connectivity index (χ2v) is 8.83. The maximum absolute atomic E-state index is 13.4. The van der Waals surface area contributed by atoms with Crippen molar-refractivity contribution in [1.82, 2.24) is 14.9 Å². The number of carbonyl (C=O) groups excluding carboxylic acids is 1. The Bertz CT molecular complexity index is 879. The van der Waals surface area contributed by atoms with E-state index >= 15 is 0 Å². The van der Waals surface area contributed by atoms with Crippen molar-refractivity contribution in [2.75, 3.05) is 25.5 Å². The summed E-state index contributed by atoms with van der Waals surface area (Å²) < 4.78 is 0. The zero-order valence-corrected chi connectivity index (χ0v) is 18.0. The second-order valence-electron chi connectivity index (χ2n) is 8.40. The van der Waals surface area contributed by atoms with Crippen molar-refractivity contribution in [2.24, 2.45) is 5.92 Å². The molecule has 4 rings (SSSR count). The summed E-state index contributed by atoms with van der Waals surface area (Å²) in [5.74, 6) is 1.17. The minimum Gasteiger partial charge on any atom is -0.347 e. The van der Waals surface area contributed by atoms with Crippen molar-refractivity contribution in [3.63, 3.8) is 0 Å². The molecular weight excluding hydrogens is 384 g/mol. The molecular formula is C23H29ClN4O. The fourth-order valence-electron chi connectivity index (χ4n) is 4.62. The minimum atomic E-state index is -0.00692. The Morgan fingerprint density at radius 1 is 1.14 bits per heavy atom. The van der Waals surface area contributed by atoms with Crippen LogP contribution in [-0.4, -0.2) is 41.4 Å². The molecule has 5 nitrogen and oxygen atoms in total. The highest BCUT2D eigenvalue weighted by atomic mass is 35.5. The summed E-state index contributed by atoms with van der Waals surface area (Å²) in [5, 5.41) is 0.688. The smallest absolute Gasteiger partial charge is 0.226 e. The molecule has 1 aromatic carbocycles. The average molecular weight is 413 g/mol. The zero-order chi connectivity index (χ0) is 20.4. The van der Waals surface area contributed by atoms with Crippen molar-refractivity contribution >= 4 is 23.5 Å². The summed E-state index contributed by atoms with van der Waals surface area (Å²) in [6.45, 7) is 0.816. The fourth-order valence-corrected chi connectivity index (χ4v) is 4.81. The largest absolute Gasteiger partial charge is 0.347 e. The topological polar surface area (TPSA) is 49.3 Å². The molecule has 2 heterocycles. The van der Waals surface area contributed by atoms with Gasteiger partial charge in [-0.3, -0.25) is 4.79 Å². The molecule has 0 radical (unpaired) electrons. The van der Waals surface area contributed by atoms with Crippen LogP contribution in [0.2, 0.25) is 5.02 Å². The summed E-state index contributed by atoms with van der Waals surface area (Å²) in [7, 11) is 3.89. The van der Waals surface area contributed by atoms with E-state index in [0.29, 0.717) is 16.9 Å². The first-order chi connectivity index (χ1) is 14.0. The summed E-state index contributed by atoms with van der Waals surface area (Å²) in [6, 6.07) is 7.80. The van der Waals surface area contributed by atoms with Gasteiger partial charge in [-0.1, -0.05) is 36.6 Å². The molecule has 6 heteroatoms. The van der Waals surface area contributed by atoms with Crippen LogP contribution in [0.15, 0.2) is 30.5 Å². The lowest BCUT2D eigenvalue weighted by Gasteiger charge is -2.38. The molecule has 0 bridgehead atoms. The predicted molar refractivity (Wildman–Crippen MR) is 117 cm³/mol. The van der Waals surface area contributed by atoms with Crippen LogP contribution < -0.4 is 4.90 Å². The van der Waals surface area contributed by atoms with Gasteiger partial charge >= 0.3 is 0 Å².